The van der Waals surface area contributed by atoms with E-state index >= 15 is 0 Å². The molecule has 1 fully saturated rings. The number of carbonyl (C=O) groups is 1. The molecular weight excluding hydrogens is 294 g/mol. The topological polar surface area (TPSA) is 40.5 Å². The van der Waals surface area contributed by atoms with E-state index < -0.39 is 6.23 Å². The predicted molar refractivity (Wildman–Crippen MR) is 88.4 cm³/mol. The minimum absolute atomic E-state index is 0.0114. The number of hydrogen-bond acceptors (Lipinski definition) is 3. The van der Waals surface area contributed by atoms with Gasteiger partial charge in [-0.15, -0.1) is 11.8 Å². The lowest BCUT2D eigenvalue weighted by atomic mass is 10.1. The molecule has 1 heterocycles. The summed E-state index contributed by atoms with van der Waals surface area (Å²) in [4.78, 5) is 15.0. The lowest BCUT2D eigenvalue weighted by Crippen LogP contribution is -2.37. The number of rotatable bonds is 4. The summed E-state index contributed by atoms with van der Waals surface area (Å²) in [5.74, 6) is 0.0114. The SMILES string of the molecule is C[C@@H](c1ccccc1)N1C(=O)CC(Sc2ccccc2)C1O. The molecule has 0 radical (unpaired) electrons. The van der Waals surface area contributed by atoms with Gasteiger partial charge in [0.15, 0.2) is 0 Å². The van der Waals surface area contributed by atoms with E-state index in [-0.39, 0.29) is 17.2 Å². The van der Waals surface area contributed by atoms with Gasteiger partial charge in [0.05, 0.1) is 11.3 Å². The van der Waals surface area contributed by atoms with Crippen molar-refractivity contribution in [3.8, 4) is 0 Å². The zero-order chi connectivity index (χ0) is 15.5. The van der Waals surface area contributed by atoms with E-state index in [1.165, 1.54) is 0 Å². The first-order valence-electron chi connectivity index (χ1n) is 7.42. The van der Waals surface area contributed by atoms with Crippen molar-refractivity contribution in [1.82, 2.24) is 4.90 Å². The van der Waals surface area contributed by atoms with Crippen molar-refractivity contribution in [2.75, 3.05) is 0 Å². The van der Waals surface area contributed by atoms with Gasteiger partial charge in [-0.2, -0.15) is 0 Å². The second-order valence-corrected chi connectivity index (χ2v) is 6.79. The molecule has 2 unspecified atom stereocenters. The summed E-state index contributed by atoms with van der Waals surface area (Å²) in [7, 11) is 0. The molecule has 4 heteroatoms. The van der Waals surface area contributed by atoms with Crippen LogP contribution in [0.4, 0.5) is 0 Å². The largest absolute Gasteiger partial charge is 0.372 e. The summed E-state index contributed by atoms with van der Waals surface area (Å²) in [6.07, 6.45) is -0.384. The lowest BCUT2D eigenvalue weighted by Gasteiger charge is -2.29. The number of amides is 1. The number of aliphatic hydroxyl groups is 1. The van der Waals surface area contributed by atoms with Crippen LogP contribution in [-0.4, -0.2) is 27.4 Å². The Morgan fingerprint density at radius 3 is 2.32 bits per heavy atom. The van der Waals surface area contributed by atoms with Crippen molar-refractivity contribution < 1.29 is 9.90 Å². The van der Waals surface area contributed by atoms with E-state index in [4.69, 9.17) is 0 Å². The van der Waals surface area contributed by atoms with Crippen LogP contribution in [0.25, 0.3) is 0 Å². The zero-order valence-electron chi connectivity index (χ0n) is 12.4. The quantitative estimate of drug-likeness (QED) is 0.940. The smallest absolute Gasteiger partial charge is 0.226 e. The van der Waals surface area contributed by atoms with Crippen LogP contribution in [-0.2, 0) is 4.79 Å². The molecular formula is C18H19NO2S. The Morgan fingerprint density at radius 1 is 1.09 bits per heavy atom. The van der Waals surface area contributed by atoms with Crippen molar-refractivity contribution in [2.24, 2.45) is 0 Å². The number of thioether (sulfide) groups is 1. The summed E-state index contributed by atoms with van der Waals surface area (Å²) in [6.45, 7) is 1.96. The molecule has 0 aromatic heterocycles. The number of carbonyl (C=O) groups excluding carboxylic acids is 1. The fourth-order valence-electron chi connectivity index (χ4n) is 2.82. The highest BCUT2D eigenvalue weighted by Crippen LogP contribution is 2.37. The monoisotopic (exact) mass is 313 g/mol. The maximum absolute atomic E-state index is 12.4. The molecule has 2 aromatic carbocycles. The van der Waals surface area contributed by atoms with Crippen molar-refractivity contribution in [2.45, 2.75) is 35.8 Å². The highest BCUT2D eigenvalue weighted by Gasteiger charge is 2.41. The summed E-state index contributed by atoms with van der Waals surface area (Å²) >= 11 is 1.57. The van der Waals surface area contributed by atoms with Gasteiger partial charge in [0.25, 0.3) is 0 Å². The highest BCUT2D eigenvalue weighted by molar-refractivity contribution is 8.00. The standard InChI is InChI=1S/C18H19NO2S/c1-13(14-8-4-2-5-9-14)19-17(20)12-16(18(19)21)22-15-10-6-3-7-11-15/h2-11,13,16,18,21H,12H2,1H3/t13-,16?,18?/m0/s1. The normalized spacial score (nSPS) is 22.8. The van der Waals surface area contributed by atoms with Gasteiger partial charge >= 0.3 is 0 Å². The number of aliphatic hydroxyl groups excluding tert-OH is 1. The summed E-state index contributed by atoms with van der Waals surface area (Å²) in [6, 6.07) is 19.6. The first kappa shape index (κ1) is 15.1. The fourth-order valence-corrected chi connectivity index (χ4v) is 3.97. The molecule has 0 aliphatic carbocycles. The minimum Gasteiger partial charge on any atom is -0.372 e. The van der Waals surface area contributed by atoms with Crippen molar-refractivity contribution >= 4 is 17.7 Å². The highest BCUT2D eigenvalue weighted by atomic mass is 32.2. The molecule has 0 bridgehead atoms. The molecule has 1 saturated heterocycles. The third kappa shape index (κ3) is 3.03. The van der Waals surface area contributed by atoms with Gasteiger partial charge in [-0.1, -0.05) is 48.5 Å². The van der Waals surface area contributed by atoms with Gasteiger partial charge in [-0.3, -0.25) is 4.79 Å². The van der Waals surface area contributed by atoms with Crippen LogP contribution in [0.1, 0.15) is 24.9 Å². The van der Waals surface area contributed by atoms with E-state index in [0.717, 1.165) is 10.5 Å². The van der Waals surface area contributed by atoms with Crippen LogP contribution in [0.2, 0.25) is 0 Å². The Kier molecular flexibility index (Phi) is 4.50. The van der Waals surface area contributed by atoms with Crippen molar-refractivity contribution in [3.05, 3.63) is 66.2 Å². The Bertz CT molecular complexity index is 632. The Morgan fingerprint density at radius 2 is 1.68 bits per heavy atom. The Hall–Kier alpha value is -1.78. The Labute approximate surface area is 135 Å². The van der Waals surface area contributed by atoms with E-state index in [1.54, 1.807) is 16.7 Å². The van der Waals surface area contributed by atoms with E-state index in [9.17, 15) is 9.90 Å². The summed E-state index contributed by atoms with van der Waals surface area (Å²) in [5.41, 5.74) is 1.04. The number of likely N-dealkylation sites (tertiary alicyclic amines) is 1. The van der Waals surface area contributed by atoms with Crippen molar-refractivity contribution in [1.29, 1.82) is 0 Å². The predicted octanol–water partition coefficient (Wildman–Crippen LogP) is 3.46. The fraction of sp³-hybridized carbons (Fsp3) is 0.278. The van der Waals surface area contributed by atoms with Gasteiger partial charge in [-0.25, -0.2) is 0 Å². The third-order valence-electron chi connectivity index (χ3n) is 4.01. The Balaban J connectivity index is 1.75. The molecule has 3 nitrogen and oxygen atoms in total. The lowest BCUT2D eigenvalue weighted by molar-refractivity contribution is -0.136. The van der Waals surface area contributed by atoms with E-state index in [1.807, 2.05) is 67.6 Å². The average Bonchev–Trinajstić information content (AvgIpc) is 2.82. The summed E-state index contributed by atoms with van der Waals surface area (Å²) < 4.78 is 0. The molecule has 114 valence electrons. The van der Waals surface area contributed by atoms with Gasteiger partial charge in [0.2, 0.25) is 5.91 Å². The maximum atomic E-state index is 12.4. The maximum Gasteiger partial charge on any atom is 0.226 e. The van der Waals surface area contributed by atoms with E-state index in [2.05, 4.69) is 0 Å². The molecule has 0 saturated carbocycles. The van der Waals surface area contributed by atoms with Crippen LogP contribution in [0.5, 0.6) is 0 Å². The van der Waals surface area contributed by atoms with Crippen LogP contribution >= 0.6 is 11.8 Å². The third-order valence-corrected chi connectivity index (χ3v) is 5.27. The molecule has 2 aromatic rings. The molecule has 22 heavy (non-hydrogen) atoms. The van der Waals surface area contributed by atoms with Crippen LogP contribution in [0.15, 0.2) is 65.6 Å². The first-order chi connectivity index (χ1) is 10.7. The molecule has 1 aliphatic heterocycles. The van der Waals surface area contributed by atoms with E-state index in [0.29, 0.717) is 6.42 Å². The van der Waals surface area contributed by atoms with Gasteiger partial charge in [0, 0.05) is 11.3 Å². The zero-order valence-corrected chi connectivity index (χ0v) is 13.2. The second kappa shape index (κ2) is 6.55. The molecule has 1 aliphatic rings. The second-order valence-electron chi connectivity index (χ2n) is 5.47. The van der Waals surface area contributed by atoms with Crippen LogP contribution < -0.4 is 0 Å². The average molecular weight is 313 g/mol. The van der Waals surface area contributed by atoms with Gasteiger partial charge in [0.1, 0.15) is 6.23 Å². The van der Waals surface area contributed by atoms with Crippen molar-refractivity contribution in [3.63, 3.8) is 0 Å². The van der Waals surface area contributed by atoms with Crippen LogP contribution in [0.3, 0.4) is 0 Å². The number of nitrogens with zero attached hydrogens (tertiary/aromatic N) is 1. The molecule has 1 amide bonds. The number of hydrogen-bond donors (Lipinski definition) is 1. The first-order valence-corrected chi connectivity index (χ1v) is 8.30. The van der Waals surface area contributed by atoms with Crippen LogP contribution in [0, 0.1) is 0 Å². The minimum atomic E-state index is -0.757. The molecule has 1 N–H and O–H groups in total. The van der Waals surface area contributed by atoms with Gasteiger partial charge in [-0.05, 0) is 24.6 Å². The molecule has 3 atom stereocenters. The van der Waals surface area contributed by atoms with Gasteiger partial charge < -0.3 is 10.0 Å². The molecule has 3 rings (SSSR count). The summed E-state index contributed by atoms with van der Waals surface area (Å²) in [5, 5.41) is 10.5. The number of benzene rings is 2. The molecule has 0 spiro atoms.